The number of hydrogen-bond acceptors (Lipinski definition) is 6. The zero-order valence-electron chi connectivity index (χ0n) is 18.6. The maximum Gasteiger partial charge on any atom is 0.140 e. The number of methoxy groups -OCH3 is 1. The molecule has 0 atom stereocenters. The normalized spacial score (nSPS) is 16.0. The molecule has 1 aromatic carbocycles. The third-order valence-electron chi connectivity index (χ3n) is 6.25. The van der Waals surface area contributed by atoms with Crippen molar-refractivity contribution in [3.05, 3.63) is 54.9 Å². The molecule has 0 unspecified atom stereocenters. The van der Waals surface area contributed by atoms with E-state index < -0.39 is 0 Å². The molecule has 1 aliphatic rings. The minimum Gasteiger partial charge on any atom is -0.491 e. The average molecular weight is 432 g/mol. The van der Waals surface area contributed by atoms with E-state index in [0.29, 0.717) is 13.2 Å². The Hall–Kier alpha value is -3.16. The van der Waals surface area contributed by atoms with Gasteiger partial charge in [-0.2, -0.15) is 0 Å². The van der Waals surface area contributed by atoms with Crippen LogP contribution in [0.1, 0.15) is 19.8 Å². The second-order valence-electron chi connectivity index (χ2n) is 8.76. The highest BCUT2D eigenvalue weighted by atomic mass is 16.5. The van der Waals surface area contributed by atoms with Gasteiger partial charge >= 0.3 is 0 Å². The number of pyridine rings is 2. The minimum absolute atomic E-state index is 0.0810. The van der Waals surface area contributed by atoms with E-state index in [-0.39, 0.29) is 5.54 Å². The van der Waals surface area contributed by atoms with Gasteiger partial charge in [0.2, 0.25) is 0 Å². The lowest BCUT2D eigenvalue weighted by molar-refractivity contribution is 0.146. The van der Waals surface area contributed by atoms with Crippen molar-refractivity contribution in [2.24, 2.45) is 5.73 Å². The monoisotopic (exact) mass is 431 g/mol. The third kappa shape index (κ3) is 4.01. The Morgan fingerprint density at radius 1 is 1.09 bits per heavy atom. The average Bonchev–Trinajstić information content (AvgIpc) is 3.22. The van der Waals surface area contributed by atoms with Crippen LogP contribution in [0.15, 0.2) is 54.9 Å². The summed E-state index contributed by atoms with van der Waals surface area (Å²) in [5, 5.41) is 1.13. The van der Waals surface area contributed by atoms with Crippen LogP contribution < -0.4 is 15.4 Å². The molecule has 166 valence electrons. The van der Waals surface area contributed by atoms with Crippen molar-refractivity contribution >= 4 is 22.2 Å². The van der Waals surface area contributed by atoms with Gasteiger partial charge in [-0.1, -0.05) is 18.2 Å². The highest BCUT2D eigenvalue weighted by Crippen LogP contribution is 2.32. The molecule has 0 aliphatic carbocycles. The molecule has 2 N–H and O–H groups in total. The highest BCUT2D eigenvalue weighted by Gasteiger charge is 2.27. The molecule has 32 heavy (non-hydrogen) atoms. The maximum absolute atomic E-state index is 6.35. The van der Waals surface area contributed by atoms with Crippen LogP contribution in [0.3, 0.4) is 0 Å². The molecule has 0 radical (unpaired) electrons. The zero-order valence-corrected chi connectivity index (χ0v) is 18.6. The lowest BCUT2D eigenvalue weighted by Crippen LogP contribution is -2.48. The molecule has 4 aromatic rings. The van der Waals surface area contributed by atoms with Crippen molar-refractivity contribution < 1.29 is 9.47 Å². The van der Waals surface area contributed by atoms with Crippen LogP contribution in [0.2, 0.25) is 0 Å². The first-order valence-corrected chi connectivity index (χ1v) is 11.1. The second-order valence-corrected chi connectivity index (χ2v) is 8.76. The number of rotatable bonds is 6. The Bertz CT molecular complexity index is 1240. The summed E-state index contributed by atoms with van der Waals surface area (Å²) in [6, 6.07) is 14.5. The van der Waals surface area contributed by atoms with Crippen LogP contribution >= 0.6 is 0 Å². The second kappa shape index (κ2) is 8.41. The number of aromatic nitrogens is 3. The lowest BCUT2D eigenvalue weighted by Gasteiger charge is -2.38. The summed E-state index contributed by atoms with van der Waals surface area (Å²) >= 11 is 0. The summed E-state index contributed by atoms with van der Waals surface area (Å²) in [6.45, 7) is 5.09. The Kier molecular flexibility index (Phi) is 5.45. The first kappa shape index (κ1) is 20.7. The largest absolute Gasteiger partial charge is 0.491 e. The first-order chi connectivity index (χ1) is 15.5. The molecule has 1 saturated heterocycles. The van der Waals surface area contributed by atoms with E-state index in [1.54, 1.807) is 7.11 Å². The van der Waals surface area contributed by atoms with Crippen molar-refractivity contribution in [2.75, 3.05) is 38.3 Å². The summed E-state index contributed by atoms with van der Waals surface area (Å²) < 4.78 is 12.8. The summed E-state index contributed by atoms with van der Waals surface area (Å²) in [4.78, 5) is 12.1. The van der Waals surface area contributed by atoms with Crippen LogP contribution in [0, 0.1) is 0 Å². The lowest BCUT2D eigenvalue weighted by atomic mass is 9.90. The fourth-order valence-corrected chi connectivity index (χ4v) is 4.27. The topological polar surface area (TPSA) is 77.9 Å². The van der Waals surface area contributed by atoms with Gasteiger partial charge in [-0.05, 0) is 38.0 Å². The van der Waals surface area contributed by atoms with Crippen molar-refractivity contribution in [1.29, 1.82) is 0 Å². The summed E-state index contributed by atoms with van der Waals surface area (Å²) in [6.07, 6.45) is 5.80. The number of nitrogens with two attached hydrogens (primary N) is 1. The molecule has 5 rings (SSSR count). The number of anilines is 1. The predicted molar refractivity (Wildman–Crippen MR) is 127 cm³/mol. The summed E-state index contributed by atoms with van der Waals surface area (Å²) in [5.74, 6) is 0.775. The van der Waals surface area contributed by atoms with Crippen molar-refractivity contribution in [3.63, 3.8) is 0 Å². The van der Waals surface area contributed by atoms with Gasteiger partial charge in [0.1, 0.15) is 18.0 Å². The van der Waals surface area contributed by atoms with Gasteiger partial charge in [0, 0.05) is 43.4 Å². The smallest absolute Gasteiger partial charge is 0.140 e. The fraction of sp³-hybridized carbons (Fsp3) is 0.360. The van der Waals surface area contributed by atoms with E-state index in [9.17, 15) is 0 Å². The number of fused-ring (bicyclic) bond motifs is 2. The molecule has 3 aromatic heterocycles. The van der Waals surface area contributed by atoms with Gasteiger partial charge in [0.05, 0.1) is 35.4 Å². The Labute approximate surface area is 187 Å². The van der Waals surface area contributed by atoms with E-state index in [4.69, 9.17) is 20.2 Å². The SMILES string of the molecule is COCCOc1ccn2c(-c3ccc4cccc(N5CCC(C)(N)CC5)c4n3)cnc2c1. The first-order valence-electron chi connectivity index (χ1n) is 11.1. The number of ether oxygens (including phenoxy) is 2. The molecule has 0 amide bonds. The zero-order chi connectivity index (χ0) is 22.1. The van der Waals surface area contributed by atoms with Gasteiger partial charge in [0.15, 0.2) is 0 Å². The molecule has 0 saturated carbocycles. The predicted octanol–water partition coefficient (Wildman–Crippen LogP) is 3.89. The van der Waals surface area contributed by atoms with Crippen LogP contribution in [0.4, 0.5) is 5.69 Å². The molecular weight excluding hydrogens is 402 g/mol. The van der Waals surface area contributed by atoms with Gasteiger partial charge in [-0.3, -0.25) is 4.40 Å². The molecule has 7 heteroatoms. The number of para-hydroxylation sites is 1. The van der Waals surface area contributed by atoms with Crippen LogP contribution in [0.25, 0.3) is 27.9 Å². The fourth-order valence-electron chi connectivity index (χ4n) is 4.27. The van der Waals surface area contributed by atoms with E-state index in [1.807, 2.05) is 28.9 Å². The van der Waals surface area contributed by atoms with Crippen molar-refractivity contribution in [1.82, 2.24) is 14.4 Å². The van der Waals surface area contributed by atoms with Crippen LogP contribution in [0.5, 0.6) is 5.75 Å². The molecule has 0 spiro atoms. The van der Waals surface area contributed by atoms with Gasteiger partial charge in [-0.25, -0.2) is 9.97 Å². The molecule has 1 fully saturated rings. The molecule has 7 nitrogen and oxygen atoms in total. The van der Waals surface area contributed by atoms with Crippen molar-refractivity contribution in [3.8, 4) is 17.1 Å². The Morgan fingerprint density at radius 2 is 1.94 bits per heavy atom. The van der Waals surface area contributed by atoms with Crippen LogP contribution in [-0.4, -0.2) is 53.3 Å². The molecular formula is C25H29N5O2. The van der Waals surface area contributed by atoms with E-state index in [2.05, 4.69) is 47.1 Å². The number of hydrogen-bond donors (Lipinski definition) is 1. The Morgan fingerprint density at radius 3 is 2.75 bits per heavy atom. The standard InChI is InChI=1S/C25H29N5O2/c1-25(26)9-12-29(13-10-25)21-5-3-4-18-6-7-20(28-24(18)21)22-17-27-23-16-19(8-11-30(22)23)32-15-14-31-2/h3-8,11,16-17H,9-10,12-15,26H2,1-2H3. The molecule has 1 aliphatic heterocycles. The van der Waals surface area contributed by atoms with Gasteiger partial charge < -0.3 is 20.1 Å². The van der Waals surface area contributed by atoms with Crippen molar-refractivity contribution in [2.45, 2.75) is 25.3 Å². The highest BCUT2D eigenvalue weighted by molar-refractivity contribution is 5.92. The summed E-state index contributed by atoms with van der Waals surface area (Å²) in [7, 11) is 1.66. The van der Waals surface area contributed by atoms with Gasteiger partial charge in [-0.15, -0.1) is 0 Å². The maximum atomic E-state index is 6.35. The Balaban J connectivity index is 1.49. The number of benzene rings is 1. The number of nitrogens with zero attached hydrogens (tertiary/aromatic N) is 4. The summed E-state index contributed by atoms with van der Waals surface area (Å²) in [5.41, 5.74) is 11.1. The molecule has 0 bridgehead atoms. The van der Waals surface area contributed by atoms with E-state index in [1.165, 1.54) is 5.69 Å². The number of imidazole rings is 1. The van der Waals surface area contributed by atoms with Gasteiger partial charge in [0.25, 0.3) is 0 Å². The van der Waals surface area contributed by atoms with Crippen LogP contribution in [-0.2, 0) is 4.74 Å². The van der Waals surface area contributed by atoms with E-state index >= 15 is 0 Å². The third-order valence-corrected chi connectivity index (χ3v) is 6.25. The number of piperidine rings is 1. The van der Waals surface area contributed by atoms with E-state index in [0.717, 1.165) is 59.6 Å². The minimum atomic E-state index is -0.0810. The molecule has 4 heterocycles. The quantitative estimate of drug-likeness (QED) is 0.467.